The Labute approximate surface area is 189 Å². The number of benzene rings is 1. The standard InChI is InChI=1S/C22H34BN5O4/c1-28(17-13-15-7-2-3-8-16(15)14-17)20(30)22(10-4-5-11-22)19(29)27-18(23(31)32)9-6-12-26-21(24)25/h2-3,7-8,17-18,31-32H,4-6,9-14H2,1H3,(H,27,29)(H4,24,25,26)/t18-/m0/s1. The first-order valence-electron chi connectivity index (χ1n) is 11.3. The third-order valence-corrected chi connectivity index (χ3v) is 6.84. The van der Waals surface area contributed by atoms with E-state index in [1.165, 1.54) is 11.1 Å². The van der Waals surface area contributed by atoms with Crippen LogP contribution in [0.15, 0.2) is 29.3 Å². The molecule has 0 spiro atoms. The molecule has 2 amide bonds. The minimum absolute atomic E-state index is 0.0176. The highest BCUT2D eigenvalue weighted by molar-refractivity contribution is 6.43. The number of fused-ring (bicyclic) bond motifs is 1. The van der Waals surface area contributed by atoms with Crippen molar-refractivity contribution in [3.8, 4) is 0 Å². The number of hydrogen-bond acceptors (Lipinski definition) is 5. The number of guanidine groups is 1. The van der Waals surface area contributed by atoms with E-state index in [9.17, 15) is 19.6 Å². The van der Waals surface area contributed by atoms with Crippen LogP contribution in [0, 0.1) is 5.41 Å². The average molecular weight is 443 g/mol. The van der Waals surface area contributed by atoms with Gasteiger partial charge in [-0.1, -0.05) is 37.1 Å². The number of hydrogen-bond donors (Lipinski definition) is 5. The molecule has 1 aromatic rings. The van der Waals surface area contributed by atoms with E-state index >= 15 is 0 Å². The summed E-state index contributed by atoms with van der Waals surface area (Å²) in [5, 5.41) is 22.3. The largest absolute Gasteiger partial charge is 0.475 e. The Kier molecular flexibility index (Phi) is 7.79. The topological polar surface area (TPSA) is 154 Å². The molecule has 1 aromatic carbocycles. The highest BCUT2D eigenvalue weighted by atomic mass is 16.4. The Hall–Kier alpha value is -2.59. The number of nitrogens with one attached hydrogen (secondary N) is 1. The average Bonchev–Trinajstić information content (AvgIpc) is 3.42. The summed E-state index contributed by atoms with van der Waals surface area (Å²) in [5.74, 6) is -1.55. The zero-order chi connectivity index (χ0) is 23.3. The summed E-state index contributed by atoms with van der Waals surface area (Å²) in [6, 6.07) is 8.19. The Morgan fingerprint density at radius 1 is 1.22 bits per heavy atom. The minimum atomic E-state index is -1.74. The summed E-state index contributed by atoms with van der Waals surface area (Å²) in [5.41, 5.74) is 11.9. The summed E-state index contributed by atoms with van der Waals surface area (Å²) < 4.78 is 0. The molecule has 2 aliphatic rings. The van der Waals surface area contributed by atoms with Gasteiger partial charge in [0.1, 0.15) is 5.41 Å². The summed E-state index contributed by atoms with van der Waals surface area (Å²) in [7, 11) is 0.0357. The summed E-state index contributed by atoms with van der Waals surface area (Å²) in [6.45, 7) is 0.316. The van der Waals surface area contributed by atoms with Crippen LogP contribution in [0.1, 0.15) is 49.7 Å². The number of carbonyl (C=O) groups is 2. The zero-order valence-corrected chi connectivity index (χ0v) is 18.7. The van der Waals surface area contributed by atoms with E-state index in [1.807, 2.05) is 12.1 Å². The van der Waals surface area contributed by atoms with Crippen LogP contribution in [0.2, 0.25) is 0 Å². The van der Waals surface area contributed by atoms with E-state index in [0.29, 0.717) is 25.8 Å². The second-order valence-electron chi connectivity index (χ2n) is 8.98. The number of rotatable bonds is 9. The Morgan fingerprint density at radius 3 is 2.34 bits per heavy atom. The molecular formula is C22H34BN5O4. The molecule has 10 heteroatoms. The first-order chi connectivity index (χ1) is 15.2. The van der Waals surface area contributed by atoms with Crippen molar-refractivity contribution < 1.29 is 19.6 Å². The van der Waals surface area contributed by atoms with Gasteiger partial charge < -0.3 is 31.7 Å². The van der Waals surface area contributed by atoms with Gasteiger partial charge in [0.2, 0.25) is 11.8 Å². The fraction of sp³-hybridized carbons (Fsp3) is 0.591. The van der Waals surface area contributed by atoms with Crippen molar-refractivity contribution >= 4 is 24.9 Å². The van der Waals surface area contributed by atoms with Crippen molar-refractivity contribution in [2.75, 3.05) is 13.6 Å². The lowest BCUT2D eigenvalue weighted by Gasteiger charge is -2.35. The second kappa shape index (κ2) is 10.4. The van der Waals surface area contributed by atoms with Gasteiger partial charge in [0.05, 0.1) is 5.94 Å². The van der Waals surface area contributed by atoms with Crippen molar-refractivity contribution in [2.24, 2.45) is 21.9 Å². The lowest BCUT2D eigenvalue weighted by molar-refractivity contribution is -0.151. The minimum Gasteiger partial charge on any atom is -0.426 e. The van der Waals surface area contributed by atoms with Crippen LogP contribution in [0.4, 0.5) is 0 Å². The van der Waals surface area contributed by atoms with E-state index in [4.69, 9.17) is 11.5 Å². The molecule has 7 N–H and O–H groups in total. The predicted octanol–water partition coefficient (Wildman–Crippen LogP) is -0.277. The molecule has 0 radical (unpaired) electrons. The van der Waals surface area contributed by atoms with E-state index in [0.717, 1.165) is 25.7 Å². The first kappa shape index (κ1) is 24.1. The lowest BCUT2D eigenvalue weighted by Crippen LogP contribution is -2.57. The lowest BCUT2D eigenvalue weighted by atomic mass is 9.75. The summed E-state index contributed by atoms with van der Waals surface area (Å²) in [4.78, 5) is 32.6. The summed E-state index contributed by atoms with van der Waals surface area (Å²) >= 11 is 0. The number of carbonyl (C=O) groups excluding carboxylic acids is 2. The van der Waals surface area contributed by atoms with E-state index in [2.05, 4.69) is 22.4 Å². The van der Waals surface area contributed by atoms with E-state index in [-0.39, 0.29) is 24.3 Å². The molecule has 2 aliphatic carbocycles. The van der Waals surface area contributed by atoms with E-state index < -0.39 is 24.4 Å². The van der Waals surface area contributed by atoms with Gasteiger partial charge in [-0.3, -0.25) is 14.6 Å². The van der Waals surface area contributed by atoms with Crippen LogP contribution in [-0.2, 0) is 22.4 Å². The molecule has 1 atom stereocenters. The van der Waals surface area contributed by atoms with Crippen LogP contribution < -0.4 is 16.8 Å². The number of amides is 2. The van der Waals surface area contributed by atoms with Crippen LogP contribution in [-0.4, -0.2) is 65.4 Å². The predicted molar refractivity (Wildman–Crippen MR) is 123 cm³/mol. The monoisotopic (exact) mass is 443 g/mol. The maximum Gasteiger partial charge on any atom is 0.475 e. The number of nitrogens with two attached hydrogens (primary N) is 2. The Morgan fingerprint density at radius 2 is 1.81 bits per heavy atom. The van der Waals surface area contributed by atoms with E-state index in [1.54, 1.807) is 11.9 Å². The van der Waals surface area contributed by atoms with Gasteiger partial charge in [0, 0.05) is 19.6 Å². The third kappa shape index (κ3) is 5.24. The van der Waals surface area contributed by atoms with Crippen molar-refractivity contribution in [1.82, 2.24) is 10.2 Å². The molecule has 0 bridgehead atoms. The van der Waals surface area contributed by atoms with Gasteiger partial charge in [-0.25, -0.2) is 0 Å². The quantitative estimate of drug-likeness (QED) is 0.116. The van der Waals surface area contributed by atoms with Gasteiger partial charge in [-0.15, -0.1) is 0 Å². The molecule has 1 saturated carbocycles. The zero-order valence-electron chi connectivity index (χ0n) is 18.7. The molecule has 174 valence electrons. The normalized spacial score (nSPS) is 18.0. The van der Waals surface area contributed by atoms with Crippen molar-refractivity contribution in [3.05, 3.63) is 35.4 Å². The van der Waals surface area contributed by atoms with Gasteiger partial charge in [-0.2, -0.15) is 0 Å². The Balaban J connectivity index is 1.68. The molecule has 1 fully saturated rings. The maximum atomic E-state index is 13.6. The van der Waals surface area contributed by atoms with Crippen LogP contribution >= 0.6 is 0 Å². The highest BCUT2D eigenvalue weighted by Gasteiger charge is 2.51. The van der Waals surface area contributed by atoms with Crippen molar-refractivity contribution in [3.63, 3.8) is 0 Å². The molecule has 3 rings (SSSR count). The SMILES string of the molecule is CN(C(=O)C1(C(=O)N[C@@H](CCCN=C(N)N)B(O)O)CCCC1)C1Cc2ccccc2C1. The molecule has 0 saturated heterocycles. The fourth-order valence-electron chi connectivity index (χ4n) is 4.95. The maximum absolute atomic E-state index is 13.6. The summed E-state index contributed by atoms with van der Waals surface area (Å²) in [6.07, 6.45) is 4.79. The van der Waals surface area contributed by atoms with Crippen LogP contribution in [0.5, 0.6) is 0 Å². The molecule has 0 unspecified atom stereocenters. The van der Waals surface area contributed by atoms with Crippen LogP contribution in [0.3, 0.4) is 0 Å². The second-order valence-corrected chi connectivity index (χ2v) is 8.98. The van der Waals surface area contributed by atoms with Gasteiger partial charge in [-0.05, 0) is 49.7 Å². The third-order valence-electron chi connectivity index (χ3n) is 6.84. The molecule has 0 heterocycles. The molecule has 9 nitrogen and oxygen atoms in total. The smallest absolute Gasteiger partial charge is 0.426 e. The number of aliphatic imine (C=N–C) groups is 1. The number of nitrogens with zero attached hydrogens (tertiary/aromatic N) is 2. The highest BCUT2D eigenvalue weighted by Crippen LogP contribution is 2.41. The van der Waals surface area contributed by atoms with Crippen LogP contribution in [0.25, 0.3) is 0 Å². The van der Waals surface area contributed by atoms with Gasteiger partial charge in [0.25, 0.3) is 0 Å². The molecular weight excluding hydrogens is 409 g/mol. The van der Waals surface area contributed by atoms with Crippen molar-refractivity contribution in [1.29, 1.82) is 0 Å². The molecule has 0 aromatic heterocycles. The number of likely N-dealkylation sites (N-methyl/N-ethyl adjacent to an activating group) is 1. The van der Waals surface area contributed by atoms with Gasteiger partial charge in [0.15, 0.2) is 5.96 Å². The van der Waals surface area contributed by atoms with Gasteiger partial charge >= 0.3 is 7.12 Å². The first-order valence-corrected chi connectivity index (χ1v) is 11.3. The molecule has 0 aliphatic heterocycles. The van der Waals surface area contributed by atoms with Crippen molar-refractivity contribution in [2.45, 2.75) is 63.3 Å². The Bertz CT molecular complexity index is 827. The fourth-order valence-corrected chi connectivity index (χ4v) is 4.95. The molecule has 32 heavy (non-hydrogen) atoms.